The molecule has 20 heavy (non-hydrogen) atoms. The van der Waals surface area contributed by atoms with Gasteiger partial charge in [-0.05, 0) is 41.3 Å². The second-order valence-corrected chi connectivity index (χ2v) is 6.39. The zero-order chi connectivity index (χ0) is 14.9. The van der Waals surface area contributed by atoms with E-state index in [0.717, 1.165) is 19.3 Å². The molecule has 6 heteroatoms. The minimum Gasteiger partial charge on any atom is -0.482 e. The Morgan fingerprint density at radius 2 is 2.15 bits per heavy atom. The maximum absolute atomic E-state index is 11.1. The molecular weight excluding hydrogens is 324 g/mol. The van der Waals surface area contributed by atoms with E-state index in [4.69, 9.17) is 4.74 Å². The highest BCUT2D eigenvalue weighted by Crippen LogP contribution is 2.53. The van der Waals surface area contributed by atoms with Crippen molar-refractivity contribution in [1.82, 2.24) is 4.98 Å². The third kappa shape index (κ3) is 2.41. The molecule has 0 saturated heterocycles. The van der Waals surface area contributed by atoms with Crippen LogP contribution in [-0.4, -0.2) is 20.8 Å². The van der Waals surface area contributed by atoms with Gasteiger partial charge in [-0.1, -0.05) is 29.8 Å². The molecule has 1 fully saturated rings. The van der Waals surface area contributed by atoms with Crippen molar-refractivity contribution in [3.8, 4) is 5.75 Å². The van der Waals surface area contributed by atoms with Crippen LogP contribution in [0.3, 0.4) is 0 Å². The van der Waals surface area contributed by atoms with E-state index in [-0.39, 0.29) is 23.1 Å². The van der Waals surface area contributed by atoms with Crippen LogP contribution in [0.15, 0.2) is 12.1 Å². The number of ether oxygens (including phenoxy) is 1. The van der Waals surface area contributed by atoms with Crippen LogP contribution >= 0.6 is 15.9 Å². The van der Waals surface area contributed by atoms with Gasteiger partial charge in [-0.25, -0.2) is 0 Å². The van der Waals surface area contributed by atoms with E-state index in [0.29, 0.717) is 10.5 Å². The average molecular weight is 343 g/mol. The normalized spacial score (nSPS) is 24.0. The summed E-state index contributed by atoms with van der Waals surface area (Å²) in [5, 5.41) is 11.1. The van der Waals surface area contributed by atoms with Crippen molar-refractivity contribution < 1.29 is 9.66 Å². The lowest BCUT2D eigenvalue weighted by molar-refractivity contribution is -0.391. The Kier molecular flexibility index (Phi) is 4.32. The third-order valence-electron chi connectivity index (χ3n) is 4.42. The highest BCUT2D eigenvalue weighted by atomic mass is 79.9. The molecule has 0 aliphatic heterocycles. The van der Waals surface area contributed by atoms with Crippen LogP contribution in [0.4, 0.5) is 5.82 Å². The summed E-state index contributed by atoms with van der Waals surface area (Å²) in [6, 6.07) is 3.39. The summed E-state index contributed by atoms with van der Waals surface area (Å²) in [6.45, 7) is 6.00. The molecular formula is C14H19BrN2O3. The van der Waals surface area contributed by atoms with Gasteiger partial charge in [0.05, 0.1) is 0 Å². The van der Waals surface area contributed by atoms with Gasteiger partial charge in [0, 0.05) is 17.2 Å². The molecule has 2 unspecified atom stereocenters. The van der Waals surface area contributed by atoms with E-state index in [2.05, 4.69) is 34.8 Å². The largest absolute Gasteiger partial charge is 0.482 e. The van der Waals surface area contributed by atoms with Crippen molar-refractivity contribution in [3.05, 3.63) is 27.9 Å². The first-order chi connectivity index (χ1) is 9.44. The Bertz CT molecular complexity index is 517. The van der Waals surface area contributed by atoms with Gasteiger partial charge < -0.3 is 14.9 Å². The number of aromatic nitrogens is 1. The van der Waals surface area contributed by atoms with Gasteiger partial charge in [0.1, 0.15) is 11.8 Å². The molecule has 0 bridgehead atoms. The molecule has 0 amide bonds. The summed E-state index contributed by atoms with van der Waals surface area (Å²) in [5.41, 5.74) is 0.673. The molecule has 1 saturated carbocycles. The first kappa shape index (κ1) is 15.2. The Balaban J connectivity index is 2.25. The van der Waals surface area contributed by atoms with E-state index in [9.17, 15) is 10.1 Å². The lowest BCUT2D eigenvalue weighted by atomic mass is 9.62. The van der Waals surface area contributed by atoms with Crippen molar-refractivity contribution >= 4 is 21.7 Å². The minimum atomic E-state index is -0.480. The predicted octanol–water partition coefficient (Wildman–Crippen LogP) is 4.02. The van der Waals surface area contributed by atoms with Gasteiger partial charge in [0.2, 0.25) is 5.75 Å². The fourth-order valence-electron chi connectivity index (χ4n) is 2.92. The van der Waals surface area contributed by atoms with Crippen LogP contribution in [0.1, 0.15) is 38.8 Å². The van der Waals surface area contributed by atoms with E-state index in [1.54, 1.807) is 19.1 Å². The molecule has 1 aliphatic carbocycles. The molecule has 0 spiro atoms. The van der Waals surface area contributed by atoms with Crippen molar-refractivity contribution in [1.29, 1.82) is 0 Å². The van der Waals surface area contributed by atoms with Crippen LogP contribution in [-0.2, 0) is 0 Å². The number of aryl methyl sites for hydroxylation is 1. The van der Waals surface area contributed by atoms with Crippen LogP contribution in [0.5, 0.6) is 5.75 Å². The fraction of sp³-hybridized carbons (Fsp3) is 0.643. The number of rotatable bonds is 5. The standard InChI is InChI=1S/C14H19BrN2O3/c1-4-14(5-2)11(15)8-12(14)20-10-7-6-9(3)16-13(10)17(18)19/h6-7,11-12H,4-5,8H2,1-3H3. The van der Waals surface area contributed by atoms with Crippen LogP contribution in [0.25, 0.3) is 0 Å². The summed E-state index contributed by atoms with van der Waals surface area (Å²) in [5.74, 6) is 0.0837. The SMILES string of the molecule is CCC1(CC)C(Br)CC1Oc1ccc(C)nc1[N+](=O)[O-]. The lowest BCUT2D eigenvalue weighted by Crippen LogP contribution is -2.56. The first-order valence-electron chi connectivity index (χ1n) is 6.87. The Morgan fingerprint density at radius 1 is 1.50 bits per heavy atom. The zero-order valence-electron chi connectivity index (χ0n) is 11.9. The highest BCUT2D eigenvalue weighted by molar-refractivity contribution is 9.09. The lowest BCUT2D eigenvalue weighted by Gasteiger charge is -2.52. The van der Waals surface area contributed by atoms with Gasteiger partial charge >= 0.3 is 5.82 Å². The van der Waals surface area contributed by atoms with Crippen molar-refractivity contribution in [3.63, 3.8) is 0 Å². The quantitative estimate of drug-likeness (QED) is 0.460. The molecule has 5 nitrogen and oxygen atoms in total. The van der Waals surface area contributed by atoms with Gasteiger partial charge in [0.15, 0.2) is 0 Å². The number of alkyl halides is 1. The minimum absolute atomic E-state index is 0.00470. The van der Waals surface area contributed by atoms with Crippen molar-refractivity contribution in [2.75, 3.05) is 0 Å². The molecule has 0 radical (unpaired) electrons. The Labute approximate surface area is 127 Å². The average Bonchev–Trinajstić information content (AvgIpc) is 2.41. The van der Waals surface area contributed by atoms with Crippen LogP contribution < -0.4 is 4.74 Å². The van der Waals surface area contributed by atoms with E-state index >= 15 is 0 Å². The number of hydrogen-bond acceptors (Lipinski definition) is 4. The second kappa shape index (κ2) is 5.68. The number of pyridine rings is 1. The summed E-state index contributed by atoms with van der Waals surface area (Å²) in [6.07, 6.45) is 2.84. The van der Waals surface area contributed by atoms with Gasteiger partial charge in [-0.2, -0.15) is 0 Å². The zero-order valence-corrected chi connectivity index (χ0v) is 13.5. The van der Waals surface area contributed by atoms with Crippen molar-refractivity contribution in [2.45, 2.75) is 51.0 Å². The summed E-state index contributed by atoms with van der Waals surface area (Å²) >= 11 is 3.69. The molecule has 2 rings (SSSR count). The predicted molar refractivity (Wildman–Crippen MR) is 80.4 cm³/mol. The first-order valence-corrected chi connectivity index (χ1v) is 7.79. The number of nitro groups is 1. The van der Waals surface area contributed by atoms with E-state index < -0.39 is 4.92 Å². The van der Waals surface area contributed by atoms with E-state index in [1.165, 1.54) is 0 Å². The topological polar surface area (TPSA) is 65.3 Å². The molecule has 1 aliphatic rings. The number of hydrogen-bond donors (Lipinski definition) is 0. The second-order valence-electron chi connectivity index (χ2n) is 5.28. The molecule has 0 N–H and O–H groups in total. The highest BCUT2D eigenvalue weighted by Gasteiger charge is 2.53. The molecule has 0 aromatic carbocycles. The van der Waals surface area contributed by atoms with E-state index in [1.807, 2.05) is 0 Å². The Morgan fingerprint density at radius 3 is 2.65 bits per heavy atom. The smallest absolute Gasteiger partial charge is 0.406 e. The van der Waals surface area contributed by atoms with Gasteiger partial charge in [0.25, 0.3) is 0 Å². The summed E-state index contributed by atoms with van der Waals surface area (Å²) in [4.78, 5) is 15.0. The summed E-state index contributed by atoms with van der Waals surface area (Å²) in [7, 11) is 0. The summed E-state index contributed by atoms with van der Waals surface area (Å²) < 4.78 is 5.93. The fourth-order valence-corrected chi connectivity index (χ4v) is 4.20. The molecule has 1 aromatic rings. The molecule has 1 heterocycles. The van der Waals surface area contributed by atoms with Crippen LogP contribution in [0.2, 0.25) is 0 Å². The van der Waals surface area contributed by atoms with Gasteiger partial charge in [-0.3, -0.25) is 0 Å². The molecule has 1 aromatic heterocycles. The molecule has 110 valence electrons. The maximum atomic E-state index is 11.1. The molecule has 2 atom stereocenters. The number of nitrogens with zero attached hydrogens (tertiary/aromatic N) is 2. The Hall–Kier alpha value is -1.17. The van der Waals surface area contributed by atoms with Gasteiger partial charge in [-0.15, -0.1) is 0 Å². The number of halogens is 1. The van der Waals surface area contributed by atoms with Crippen molar-refractivity contribution in [2.24, 2.45) is 5.41 Å². The maximum Gasteiger partial charge on any atom is 0.406 e. The third-order valence-corrected chi connectivity index (χ3v) is 5.71. The monoisotopic (exact) mass is 342 g/mol. The van der Waals surface area contributed by atoms with Crippen LogP contribution in [0, 0.1) is 22.5 Å².